The van der Waals surface area contributed by atoms with E-state index in [2.05, 4.69) is 16.7 Å². The third-order valence-electron chi connectivity index (χ3n) is 3.95. The van der Waals surface area contributed by atoms with Gasteiger partial charge >= 0.3 is 6.09 Å². The molecule has 23 heavy (non-hydrogen) atoms. The van der Waals surface area contributed by atoms with Gasteiger partial charge < -0.3 is 20.1 Å². The van der Waals surface area contributed by atoms with Crippen molar-refractivity contribution in [3.05, 3.63) is 35.4 Å². The quantitative estimate of drug-likeness (QED) is 0.846. The summed E-state index contributed by atoms with van der Waals surface area (Å²) in [6, 6.07) is 8.65. The first-order chi connectivity index (χ1) is 10.9. The Morgan fingerprint density at radius 3 is 2.35 bits per heavy atom. The first kappa shape index (κ1) is 17.8. The summed E-state index contributed by atoms with van der Waals surface area (Å²) in [7, 11) is 1.76. The Labute approximate surface area is 138 Å². The van der Waals surface area contributed by atoms with Gasteiger partial charge in [0.15, 0.2) is 0 Å². The fourth-order valence-corrected chi connectivity index (χ4v) is 2.56. The maximum Gasteiger partial charge on any atom is 0.407 e. The van der Waals surface area contributed by atoms with Crippen LogP contribution in [0.15, 0.2) is 24.3 Å². The number of rotatable bonds is 6. The highest BCUT2D eigenvalue weighted by Crippen LogP contribution is 2.23. The average Bonchev–Trinajstić information content (AvgIpc) is 2.43. The zero-order chi connectivity index (χ0) is 16.9. The molecule has 1 aromatic rings. The number of alkyl carbamates (subject to hydrolysis) is 1. The molecule has 1 aromatic carbocycles. The molecule has 0 bridgehead atoms. The minimum Gasteiger partial charge on any atom is -0.444 e. The number of hydrogen-bond donors (Lipinski definition) is 2. The number of carbonyl (C=O) groups excluding carboxylic acids is 1. The van der Waals surface area contributed by atoms with Crippen molar-refractivity contribution in [2.75, 3.05) is 7.11 Å². The van der Waals surface area contributed by atoms with Gasteiger partial charge in [-0.05, 0) is 44.7 Å². The van der Waals surface area contributed by atoms with E-state index in [1.165, 1.54) is 5.56 Å². The van der Waals surface area contributed by atoms with Gasteiger partial charge in [0.2, 0.25) is 0 Å². The molecular weight excluding hydrogens is 292 g/mol. The third kappa shape index (κ3) is 5.84. The van der Waals surface area contributed by atoms with E-state index in [-0.39, 0.29) is 6.09 Å². The predicted molar refractivity (Wildman–Crippen MR) is 90.2 cm³/mol. The van der Waals surface area contributed by atoms with E-state index in [0.29, 0.717) is 18.7 Å². The molecule has 0 atom stereocenters. The van der Waals surface area contributed by atoms with Crippen LogP contribution in [-0.4, -0.2) is 30.9 Å². The van der Waals surface area contributed by atoms with Crippen molar-refractivity contribution in [1.29, 1.82) is 0 Å². The Morgan fingerprint density at radius 2 is 1.78 bits per heavy atom. The molecule has 5 heteroatoms. The SMILES string of the molecule is COC1CC(NCc2ccccc2CNC(=O)OC(C)(C)C)C1. The van der Waals surface area contributed by atoms with Gasteiger partial charge in [-0.2, -0.15) is 0 Å². The van der Waals surface area contributed by atoms with Gasteiger partial charge in [-0.15, -0.1) is 0 Å². The Morgan fingerprint density at radius 1 is 1.17 bits per heavy atom. The summed E-state index contributed by atoms with van der Waals surface area (Å²) in [6.07, 6.45) is 2.14. The largest absolute Gasteiger partial charge is 0.444 e. The van der Waals surface area contributed by atoms with E-state index in [0.717, 1.165) is 24.9 Å². The summed E-state index contributed by atoms with van der Waals surface area (Å²) in [4.78, 5) is 11.8. The van der Waals surface area contributed by atoms with Crippen LogP contribution in [0.3, 0.4) is 0 Å². The molecule has 1 saturated carbocycles. The number of carbonyl (C=O) groups is 1. The summed E-state index contributed by atoms with van der Waals surface area (Å²) in [6.45, 7) is 6.84. The van der Waals surface area contributed by atoms with Crippen LogP contribution in [0.25, 0.3) is 0 Å². The molecule has 1 fully saturated rings. The Kier molecular flexibility index (Phi) is 6.02. The molecule has 5 nitrogen and oxygen atoms in total. The highest BCUT2D eigenvalue weighted by molar-refractivity contribution is 5.67. The molecule has 0 aliphatic heterocycles. The lowest BCUT2D eigenvalue weighted by Crippen LogP contribution is -2.44. The average molecular weight is 320 g/mol. The van der Waals surface area contributed by atoms with Crippen LogP contribution < -0.4 is 10.6 Å². The van der Waals surface area contributed by atoms with Gasteiger partial charge in [-0.25, -0.2) is 4.79 Å². The van der Waals surface area contributed by atoms with Crippen molar-refractivity contribution >= 4 is 6.09 Å². The van der Waals surface area contributed by atoms with Crippen molar-refractivity contribution in [1.82, 2.24) is 10.6 Å². The second-order valence-corrected chi connectivity index (χ2v) is 7.03. The topological polar surface area (TPSA) is 59.6 Å². The highest BCUT2D eigenvalue weighted by Gasteiger charge is 2.28. The molecule has 2 rings (SSSR count). The monoisotopic (exact) mass is 320 g/mol. The van der Waals surface area contributed by atoms with Crippen LogP contribution >= 0.6 is 0 Å². The lowest BCUT2D eigenvalue weighted by molar-refractivity contribution is 0.0169. The molecule has 1 amide bonds. The fraction of sp³-hybridized carbons (Fsp3) is 0.611. The molecule has 1 aliphatic carbocycles. The molecular formula is C18H28N2O3. The van der Waals surface area contributed by atoms with Crippen LogP contribution in [0, 0.1) is 0 Å². The van der Waals surface area contributed by atoms with Gasteiger partial charge in [-0.3, -0.25) is 0 Å². The van der Waals surface area contributed by atoms with E-state index in [9.17, 15) is 4.79 Å². The van der Waals surface area contributed by atoms with Crippen molar-refractivity contribution in [2.45, 2.75) is 64.4 Å². The van der Waals surface area contributed by atoms with Gasteiger partial charge in [0, 0.05) is 26.2 Å². The number of hydrogen-bond acceptors (Lipinski definition) is 4. The number of methoxy groups -OCH3 is 1. The van der Waals surface area contributed by atoms with Crippen LogP contribution in [-0.2, 0) is 22.6 Å². The molecule has 0 radical (unpaired) electrons. The maximum atomic E-state index is 11.8. The van der Waals surface area contributed by atoms with Gasteiger partial charge in [0.25, 0.3) is 0 Å². The third-order valence-corrected chi connectivity index (χ3v) is 3.95. The normalized spacial score (nSPS) is 20.7. The Bertz CT molecular complexity index is 519. The first-order valence-corrected chi connectivity index (χ1v) is 8.17. The molecule has 0 saturated heterocycles. The molecule has 128 valence electrons. The number of amides is 1. The number of benzene rings is 1. The number of ether oxygens (including phenoxy) is 2. The summed E-state index contributed by atoms with van der Waals surface area (Å²) in [5, 5.41) is 6.36. The van der Waals surface area contributed by atoms with Gasteiger partial charge in [0.1, 0.15) is 5.60 Å². The fourth-order valence-electron chi connectivity index (χ4n) is 2.56. The number of nitrogens with one attached hydrogen (secondary N) is 2. The molecule has 2 N–H and O–H groups in total. The van der Waals surface area contributed by atoms with E-state index in [1.807, 2.05) is 39.0 Å². The van der Waals surface area contributed by atoms with Gasteiger partial charge in [-0.1, -0.05) is 24.3 Å². The standard InChI is InChI=1S/C18H28N2O3/c1-18(2,3)23-17(21)20-12-14-8-6-5-7-13(14)11-19-15-9-16(10-15)22-4/h5-8,15-16,19H,9-12H2,1-4H3,(H,20,21). The minimum atomic E-state index is -0.479. The summed E-state index contributed by atoms with van der Waals surface area (Å²) in [5.74, 6) is 0. The molecule has 0 unspecified atom stereocenters. The highest BCUT2D eigenvalue weighted by atomic mass is 16.6. The zero-order valence-corrected chi connectivity index (χ0v) is 14.5. The van der Waals surface area contributed by atoms with E-state index < -0.39 is 5.60 Å². The lowest BCUT2D eigenvalue weighted by atomic mass is 9.89. The van der Waals surface area contributed by atoms with Crippen LogP contribution in [0.4, 0.5) is 4.79 Å². The van der Waals surface area contributed by atoms with Crippen LogP contribution in [0.5, 0.6) is 0 Å². The molecule has 0 aromatic heterocycles. The summed E-state index contributed by atoms with van der Waals surface area (Å²) >= 11 is 0. The van der Waals surface area contributed by atoms with Crippen LogP contribution in [0.2, 0.25) is 0 Å². The molecule has 0 heterocycles. The Balaban J connectivity index is 1.82. The van der Waals surface area contributed by atoms with E-state index in [1.54, 1.807) is 7.11 Å². The second kappa shape index (κ2) is 7.79. The van der Waals surface area contributed by atoms with Crippen molar-refractivity contribution in [2.24, 2.45) is 0 Å². The smallest absolute Gasteiger partial charge is 0.407 e. The second-order valence-electron chi connectivity index (χ2n) is 7.03. The van der Waals surface area contributed by atoms with E-state index >= 15 is 0 Å². The lowest BCUT2D eigenvalue weighted by Gasteiger charge is -2.35. The van der Waals surface area contributed by atoms with E-state index in [4.69, 9.17) is 9.47 Å². The molecule has 1 aliphatic rings. The zero-order valence-electron chi connectivity index (χ0n) is 14.5. The summed E-state index contributed by atoms with van der Waals surface area (Å²) in [5.41, 5.74) is 1.82. The minimum absolute atomic E-state index is 0.387. The van der Waals surface area contributed by atoms with Crippen molar-refractivity contribution in [3.8, 4) is 0 Å². The maximum absolute atomic E-state index is 11.8. The first-order valence-electron chi connectivity index (χ1n) is 8.17. The van der Waals surface area contributed by atoms with Crippen molar-refractivity contribution < 1.29 is 14.3 Å². The Hall–Kier alpha value is -1.59. The van der Waals surface area contributed by atoms with Crippen LogP contribution in [0.1, 0.15) is 44.7 Å². The predicted octanol–water partition coefficient (Wildman–Crippen LogP) is 2.98. The van der Waals surface area contributed by atoms with Crippen molar-refractivity contribution in [3.63, 3.8) is 0 Å². The van der Waals surface area contributed by atoms with Gasteiger partial charge in [0.05, 0.1) is 6.10 Å². The molecule has 0 spiro atoms. The summed E-state index contributed by atoms with van der Waals surface area (Å²) < 4.78 is 10.6.